The number of hydrogen-bond donors (Lipinski definition) is 3. The van der Waals surface area contributed by atoms with Crippen LogP contribution in [0.3, 0.4) is 0 Å². The molecule has 0 amide bonds. The van der Waals surface area contributed by atoms with Crippen LogP contribution in [0, 0.1) is 34.6 Å². The smallest absolute Gasteiger partial charge is 0.134 e. The molecule has 0 saturated carbocycles. The number of hydrogen-bond acceptors (Lipinski definition) is 5. The zero-order valence-electron chi connectivity index (χ0n) is 20.0. The molecule has 0 bridgehead atoms. The van der Waals surface area contributed by atoms with E-state index in [-0.39, 0.29) is 17.2 Å². The highest BCUT2D eigenvalue weighted by Crippen LogP contribution is 2.43. The Labute approximate surface area is 200 Å². The molecule has 34 heavy (non-hydrogen) atoms. The Balaban J connectivity index is 1.83. The predicted octanol–water partition coefficient (Wildman–Crippen LogP) is 7.61. The predicted molar refractivity (Wildman–Crippen MR) is 136 cm³/mol. The number of benzene rings is 4. The van der Waals surface area contributed by atoms with Crippen molar-refractivity contribution in [2.75, 3.05) is 4.90 Å². The maximum absolute atomic E-state index is 10.5. The lowest BCUT2D eigenvalue weighted by Gasteiger charge is -2.30. The number of nitrogens with zero attached hydrogens (tertiary/aromatic N) is 1. The van der Waals surface area contributed by atoms with E-state index in [2.05, 4.69) is 0 Å². The lowest BCUT2D eigenvalue weighted by molar-refractivity contribution is 0.453. The molecule has 0 atom stereocenters. The molecule has 0 heterocycles. The van der Waals surface area contributed by atoms with Gasteiger partial charge in [0.1, 0.15) is 28.7 Å². The van der Waals surface area contributed by atoms with E-state index in [9.17, 15) is 15.3 Å². The van der Waals surface area contributed by atoms with Gasteiger partial charge < -0.3 is 25.0 Å². The number of ether oxygens (including phenoxy) is 1. The normalized spacial score (nSPS) is 10.9. The van der Waals surface area contributed by atoms with E-state index in [1.807, 2.05) is 75.9 Å². The molecular formula is C29H29NO4. The summed E-state index contributed by atoms with van der Waals surface area (Å²) in [4.78, 5) is 2.04. The summed E-state index contributed by atoms with van der Waals surface area (Å²) in [5.74, 6) is 1.80. The quantitative estimate of drug-likeness (QED) is 0.289. The van der Waals surface area contributed by atoms with Crippen LogP contribution < -0.4 is 9.64 Å². The number of aromatic hydroxyl groups is 3. The van der Waals surface area contributed by atoms with Crippen molar-refractivity contribution < 1.29 is 20.1 Å². The molecule has 4 rings (SSSR count). The van der Waals surface area contributed by atoms with Gasteiger partial charge in [-0.1, -0.05) is 6.07 Å². The largest absolute Gasteiger partial charge is 0.508 e. The average Bonchev–Trinajstić information content (AvgIpc) is 2.78. The van der Waals surface area contributed by atoms with Crippen LogP contribution in [-0.2, 0) is 0 Å². The van der Waals surface area contributed by atoms with Crippen molar-refractivity contribution in [3.05, 3.63) is 94.5 Å². The highest BCUT2D eigenvalue weighted by molar-refractivity contribution is 5.83. The lowest BCUT2D eigenvalue weighted by atomic mass is 10.0. The van der Waals surface area contributed by atoms with Gasteiger partial charge in [-0.15, -0.1) is 0 Å². The molecule has 0 aliphatic carbocycles. The molecule has 0 unspecified atom stereocenters. The third-order valence-corrected chi connectivity index (χ3v) is 5.97. The van der Waals surface area contributed by atoms with Crippen LogP contribution in [0.1, 0.15) is 27.8 Å². The van der Waals surface area contributed by atoms with Crippen molar-refractivity contribution in [2.45, 2.75) is 34.6 Å². The van der Waals surface area contributed by atoms with Crippen molar-refractivity contribution >= 4 is 17.1 Å². The van der Waals surface area contributed by atoms with Crippen molar-refractivity contribution in [3.8, 4) is 28.7 Å². The molecule has 4 aromatic carbocycles. The van der Waals surface area contributed by atoms with Gasteiger partial charge >= 0.3 is 0 Å². The minimum atomic E-state index is 0.146. The van der Waals surface area contributed by atoms with Crippen LogP contribution in [0.4, 0.5) is 17.1 Å². The molecule has 5 nitrogen and oxygen atoms in total. The fourth-order valence-electron chi connectivity index (χ4n) is 4.00. The van der Waals surface area contributed by atoms with Crippen molar-refractivity contribution in [1.29, 1.82) is 0 Å². The van der Waals surface area contributed by atoms with Gasteiger partial charge in [0.15, 0.2) is 0 Å². The molecule has 0 aliphatic heterocycles. The molecule has 5 heteroatoms. The SMILES string of the molecule is Cc1cc(O)c(C)c(N(c2ccc(Oc3cc(O)ccc3C)cc2)c2cc(C)cc(O)c2C)c1. The lowest BCUT2D eigenvalue weighted by Crippen LogP contribution is -2.13. The molecule has 0 spiro atoms. The highest BCUT2D eigenvalue weighted by atomic mass is 16.5. The zero-order valence-corrected chi connectivity index (χ0v) is 20.0. The molecule has 0 fully saturated rings. The van der Waals surface area contributed by atoms with Crippen LogP contribution in [0.15, 0.2) is 66.7 Å². The summed E-state index contributed by atoms with van der Waals surface area (Å²) in [6.07, 6.45) is 0. The first-order chi connectivity index (χ1) is 16.1. The van der Waals surface area contributed by atoms with Crippen LogP contribution in [-0.4, -0.2) is 15.3 Å². The molecule has 0 saturated heterocycles. The topological polar surface area (TPSA) is 73.2 Å². The van der Waals surface area contributed by atoms with Gasteiger partial charge in [0, 0.05) is 22.9 Å². The zero-order chi connectivity index (χ0) is 24.6. The van der Waals surface area contributed by atoms with Gasteiger partial charge in [0.05, 0.1) is 11.4 Å². The number of phenolic OH excluding ortho intramolecular Hbond substituents is 3. The summed E-state index contributed by atoms with van der Waals surface area (Å²) in [7, 11) is 0. The van der Waals surface area contributed by atoms with Crippen LogP contribution in [0.2, 0.25) is 0 Å². The van der Waals surface area contributed by atoms with E-state index in [1.165, 1.54) is 0 Å². The maximum atomic E-state index is 10.5. The fourth-order valence-corrected chi connectivity index (χ4v) is 4.00. The van der Waals surface area contributed by atoms with E-state index in [1.54, 1.807) is 30.3 Å². The Morgan fingerprint density at radius 2 is 1.15 bits per heavy atom. The monoisotopic (exact) mass is 455 g/mol. The van der Waals surface area contributed by atoms with Crippen LogP contribution >= 0.6 is 0 Å². The molecule has 3 N–H and O–H groups in total. The molecule has 0 aromatic heterocycles. The summed E-state index contributed by atoms with van der Waals surface area (Å²) in [5.41, 5.74) is 6.74. The summed E-state index contributed by atoms with van der Waals surface area (Å²) in [6.45, 7) is 9.56. The minimum Gasteiger partial charge on any atom is -0.508 e. The van der Waals surface area contributed by atoms with Crippen molar-refractivity contribution in [1.82, 2.24) is 0 Å². The molecule has 174 valence electrons. The van der Waals surface area contributed by atoms with Gasteiger partial charge in [-0.3, -0.25) is 0 Å². The molecule has 4 aromatic rings. The van der Waals surface area contributed by atoms with Crippen molar-refractivity contribution in [2.24, 2.45) is 0 Å². The molecular weight excluding hydrogens is 426 g/mol. The Kier molecular flexibility index (Phi) is 6.12. The average molecular weight is 456 g/mol. The third kappa shape index (κ3) is 4.50. The van der Waals surface area contributed by atoms with Crippen LogP contribution in [0.5, 0.6) is 28.7 Å². The first-order valence-electron chi connectivity index (χ1n) is 11.1. The Morgan fingerprint density at radius 1 is 0.618 bits per heavy atom. The molecule has 0 aliphatic rings. The van der Waals surface area contributed by atoms with Gasteiger partial charge in [-0.2, -0.15) is 0 Å². The van der Waals surface area contributed by atoms with Crippen molar-refractivity contribution in [3.63, 3.8) is 0 Å². The van der Waals surface area contributed by atoms with Crippen LogP contribution in [0.25, 0.3) is 0 Å². The van der Waals surface area contributed by atoms with E-state index in [4.69, 9.17) is 4.74 Å². The number of phenols is 3. The van der Waals surface area contributed by atoms with Gasteiger partial charge in [-0.05, 0) is 106 Å². The standard InChI is InChI=1S/C29H29NO4/c1-17-12-25(20(4)27(32)14-17)30(26-13-18(2)15-28(33)21(26)5)22-7-10-24(11-8-22)34-29-16-23(31)9-6-19(29)3/h6-16,31-33H,1-5H3. The highest BCUT2D eigenvalue weighted by Gasteiger charge is 2.20. The maximum Gasteiger partial charge on any atom is 0.134 e. The summed E-state index contributed by atoms with van der Waals surface area (Å²) >= 11 is 0. The Hall–Kier alpha value is -4.12. The van der Waals surface area contributed by atoms with E-state index in [0.29, 0.717) is 11.5 Å². The first kappa shape index (κ1) is 23.1. The number of aryl methyl sites for hydroxylation is 3. The Morgan fingerprint density at radius 3 is 1.68 bits per heavy atom. The summed E-state index contributed by atoms with van der Waals surface area (Å²) in [6, 6.07) is 20.2. The van der Waals surface area contributed by atoms with E-state index in [0.717, 1.165) is 44.9 Å². The van der Waals surface area contributed by atoms with E-state index < -0.39 is 0 Å². The van der Waals surface area contributed by atoms with Gasteiger partial charge in [0.2, 0.25) is 0 Å². The number of rotatable bonds is 5. The Bertz CT molecular complexity index is 1300. The minimum absolute atomic E-state index is 0.146. The van der Waals surface area contributed by atoms with Gasteiger partial charge in [0.25, 0.3) is 0 Å². The second-order valence-corrected chi connectivity index (χ2v) is 8.74. The second kappa shape index (κ2) is 9.02. The van der Waals surface area contributed by atoms with E-state index >= 15 is 0 Å². The summed E-state index contributed by atoms with van der Waals surface area (Å²) in [5, 5.41) is 30.9. The number of anilines is 3. The summed E-state index contributed by atoms with van der Waals surface area (Å²) < 4.78 is 6.00. The fraction of sp³-hybridized carbons (Fsp3) is 0.172. The third-order valence-electron chi connectivity index (χ3n) is 5.97. The first-order valence-corrected chi connectivity index (χ1v) is 11.1. The molecule has 0 radical (unpaired) electrons. The second-order valence-electron chi connectivity index (χ2n) is 8.74. The van der Waals surface area contributed by atoms with Gasteiger partial charge in [-0.25, -0.2) is 0 Å².